The van der Waals surface area contributed by atoms with Crippen LogP contribution in [0.1, 0.15) is 67.6 Å². The van der Waals surface area contributed by atoms with Gasteiger partial charge in [-0.15, -0.1) is 11.3 Å². The topological polar surface area (TPSA) is 58.2 Å². The van der Waals surface area contributed by atoms with Gasteiger partial charge in [0.2, 0.25) is 0 Å². The molecule has 0 radical (unpaired) electrons. The molecule has 1 heterocycles. The van der Waals surface area contributed by atoms with Crippen molar-refractivity contribution in [3.63, 3.8) is 0 Å². The number of amides is 2. The van der Waals surface area contributed by atoms with Gasteiger partial charge in [0, 0.05) is 17.3 Å². The molecule has 0 spiro atoms. The summed E-state index contributed by atoms with van der Waals surface area (Å²) in [5.74, 6) is 5.88. The summed E-state index contributed by atoms with van der Waals surface area (Å²) in [5.41, 5.74) is 1.22. The molecule has 0 atom stereocenters. The van der Waals surface area contributed by atoms with Crippen molar-refractivity contribution < 1.29 is 9.59 Å². The number of carbonyl (C=O) groups excluding carboxylic acids is 2. The van der Waals surface area contributed by atoms with Gasteiger partial charge in [0.05, 0.1) is 4.88 Å². The smallest absolute Gasteiger partial charge is 0.295 e. The van der Waals surface area contributed by atoms with Crippen molar-refractivity contribution in [2.75, 3.05) is 6.54 Å². The van der Waals surface area contributed by atoms with E-state index in [2.05, 4.69) is 40.7 Å². The van der Waals surface area contributed by atoms with Gasteiger partial charge in [-0.2, -0.15) is 0 Å². The first-order chi connectivity index (χ1) is 13.5. The quantitative estimate of drug-likeness (QED) is 0.734. The molecule has 1 aliphatic rings. The van der Waals surface area contributed by atoms with E-state index in [1.54, 1.807) is 18.3 Å². The van der Waals surface area contributed by atoms with Gasteiger partial charge in [-0.05, 0) is 81.2 Å². The number of rotatable bonds is 5. The van der Waals surface area contributed by atoms with Crippen molar-refractivity contribution >= 4 is 33.2 Å². The Hall–Kier alpha value is -2.32. The SMILES string of the molecule is CC#CC(=O)NCC1CCC(c2c(C(=O)NC(C)C)sc3ccccc23)CC1. The van der Waals surface area contributed by atoms with E-state index in [0.717, 1.165) is 30.6 Å². The second-order valence-corrected chi connectivity index (χ2v) is 8.82. The van der Waals surface area contributed by atoms with Crippen LogP contribution in [0.5, 0.6) is 0 Å². The van der Waals surface area contributed by atoms with Gasteiger partial charge < -0.3 is 10.6 Å². The van der Waals surface area contributed by atoms with E-state index in [4.69, 9.17) is 0 Å². The molecule has 5 heteroatoms. The van der Waals surface area contributed by atoms with E-state index in [1.165, 1.54) is 15.6 Å². The largest absolute Gasteiger partial charge is 0.349 e. The van der Waals surface area contributed by atoms with Crippen LogP contribution >= 0.6 is 11.3 Å². The average Bonchev–Trinajstić information content (AvgIpc) is 3.06. The lowest BCUT2D eigenvalue weighted by atomic mass is 9.77. The fourth-order valence-corrected chi connectivity index (χ4v) is 5.21. The molecule has 2 aromatic rings. The highest BCUT2D eigenvalue weighted by Gasteiger charge is 2.29. The number of benzene rings is 1. The van der Waals surface area contributed by atoms with E-state index in [-0.39, 0.29) is 17.9 Å². The van der Waals surface area contributed by atoms with Crippen LogP contribution in [0.3, 0.4) is 0 Å². The molecule has 1 fully saturated rings. The molecule has 4 nitrogen and oxygen atoms in total. The lowest BCUT2D eigenvalue weighted by Gasteiger charge is -2.29. The maximum Gasteiger partial charge on any atom is 0.295 e. The maximum atomic E-state index is 12.8. The van der Waals surface area contributed by atoms with Crippen LogP contribution in [0.25, 0.3) is 10.1 Å². The molecule has 1 aromatic carbocycles. The monoisotopic (exact) mass is 396 g/mol. The highest BCUT2D eigenvalue weighted by molar-refractivity contribution is 7.21. The third-order valence-corrected chi connectivity index (χ3v) is 6.49. The third kappa shape index (κ3) is 4.74. The Balaban J connectivity index is 1.75. The molecular weight excluding hydrogens is 368 g/mol. The lowest BCUT2D eigenvalue weighted by molar-refractivity contribution is -0.115. The van der Waals surface area contributed by atoms with Crippen molar-refractivity contribution in [2.24, 2.45) is 5.92 Å². The van der Waals surface area contributed by atoms with Crippen LogP contribution in [0, 0.1) is 17.8 Å². The van der Waals surface area contributed by atoms with Crippen molar-refractivity contribution in [2.45, 2.75) is 58.4 Å². The standard InChI is InChI=1S/C23H28N2O2S/c1-4-7-20(26)24-14-16-10-12-17(13-11-16)21-18-8-5-6-9-19(18)28-22(21)23(27)25-15(2)3/h5-6,8-9,15-17H,10-14H2,1-3H3,(H,24,26)(H,25,27). The van der Waals surface area contributed by atoms with Crippen molar-refractivity contribution in [1.82, 2.24) is 10.6 Å². The predicted octanol–water partition coefficient (Wildman–Crippen LogP) is 4.45. The summed E-state index contributed by atoms with van der Waals surface area (Å²) in [6.45, 7) is 6.34. The van der Waals surface area contributed by atoms with Gasteiger partial charge in [0.1, 0.15) is 0 Å². The first kappa shape index (κ1) is 20.4. The molecule has 3 rings (SSSR count). The number of nitrogens with one attached hydrogen (secondary N) is 2. The molecule has 1 aromatic heterocycles. The fourth-order valence-electron chi connectivity index (χ4n) is 4.02. The maximum absolute atomic E-state index is 12.8. The molecule has 1 aliphatic carbocycles. The summed E-state index contributed by atoms with van der Waals surface area (Å²) in [4.78, 5) is 25.3. The molecule has 2 amide bonds. The number of hydrogen-bond acceptors (Lipinski definition) is 3. The fraction of sp³-hybridized carbons (Fsp3) is 0.478. The van der Waals surface area contributed by atoms with Crippen LogP contribution in [-0.2, 0) is 4.79 Å². The summed E-state index contributed by atoms with van der Waals surface area (Å²) in [6.07, 6.45) is 4.20. The molecule has 0 bridgehead atoms. The van der Waals surface area contributed by atoms with Crippen molar-refractivity contribution in [3.8, 4) is 11.8 Å². The minimum atomic E-state index is -0.193. The van der Waals surface area contributed by atoms with Crippen LogP contribution in [0.2, 0.25) is 0 Å². The molecule has 0 aliphatic heterocycles. The van der Waals surface area contributed by atoms with Crippen LogP contribution in [0.4, 0.5) is 0 Å². The highest BCUT2D eigenvalue weighted by Crippen LogP contribution is 2.43. The van der Waals surface area contributed by atoms with Gasteiger partial charge >= 0.3 is 0 Å². The molecule has 0 saturated heterocycles. The second-order valence-electron chi connectivity index (χ2n) is 7.77. The zero-order chi connectivity index (χ0) is 20.1. The van der Waals surface area contributed by atoms with Gasteiger partial charge in [-0.3, -0.25) is 9.59 Å². The molecule has 0 unspecified atom stereocenters. The Morgan fingerprint density at radius 2 is 1.89 bits per heavy atom. The first-order valence-corrected chi connectivity index (χ1v) is 10.8. The summed E-state index contributed by atoms with van der Waals surface area (Å²) in [6, 6.07) is 8.45. The van der Waals surface area contributed by atoms with Gasteiger partial charge in [0.25, 0.3) is 11.8 Å². The molecule has 1 saturated carbocycles. The van der Waals surface area contributed by atoms with Crippen molar-refractivity contribution in [3.05, 3.63) is 34.7 Å². The number of hydrogen-bond donors (Lipinski definition) is 2. The summed E-state index contributed by atoms with van der Waals surface area (Å²) in [5, 5.41) is 7.19. The Morgan fingerprint density at radius 1 is 1.18 bits per heavy atom. The van der Waals surface area contributed by atoms with E-state index < -0.39 is 0 Å². The molecule has 28 heavy (non-hydrogen) atoms. The first-order valence-electron chi connectivity index (χ1n) is 10.0. The van der Waals surface area contributed by atoms with Gasteiger partial charge in [-0.1, -0.05) is 24.1 Å². The Morgan fingerprint density at radius 3 is 2.57 bits per heavy atom. The Labute approximate surface area is 171 Å². The van der Waals surface area contributed by atoms with Gasteiger partial charge in [0.15, 0.2) is 0 Å². The number of carbonyl (C=O) groups is 2. The minimum absolute atomic E-state index is 0.0405. The third-order valence-electron chi connectivity index (χ3n) is 5.30. The zero-order valence-corrected chi connectivity index (χ0v) is 17.6. The Bertz CT molecular complexity index is 912. The van der Waals surface area contributed by atoms with E-state index >= 15 is 0 Å². The van der Waals surface area contributed by atoms with Gasteiger partial charge in [-0.25, -0.2) is 0 Å². The Kier molecular flexibility index (Phi) is 6.74. The van der Waals surface area contributed by atoms with Crippen molar-refractivity contribution in [1.29, 1.82) is 0 Å². The summed E-state index contributed by atoms with van der Waals surface area (Å²) < 4.78 is 1.18. The average molecular weight is 397 g/mol. The van der Waals surface area contributed by atoms with E-state index in [1.807, 2.05) is 19.9 Å². The lowest BCUT2D eigenvalue weighted by Crippen LogP contribution is -2.31. The minimum Gasteiger partial charge on any atom is -0.349 e. The predicted molar refractivity (Wildman–Crippen MR) is 116 cm³/mol. The molecular formula is C23H28N2O2S. The number of fused-ring (bicyclic) bond motifs is 1. The second kappa shape index (κ2) is 9.25. The normalized spacial score (nSPS) is 19.1. The summed E-state index contributed by atoms with van der Waals surface area (Å²) in [7, 11) is 0. The van der Waals surface area contributed by atoms with E-state index in [0.29, 0.717) is 18.4 Å². The molecule has 2 N–H and O–H groups in total. The van der Waals surface area contributed by atoms with Crippen LogP contribution in [0.15, 0.2) is 24.3 Å². The molecule has 148 valence electrons. The summed E-state index contributed by atoms with van der Waals surface area (Å²) >= 11 is 1.60. The zero-order valence-electron chi connectivity index (χ0n) is 16.8. The van der Waals surface area contributed by atoms with E-state index in [9.17, 15) is 9.59 Å². The highest BCUT2D eigenvalue weighted by atomic mass is 32.1. The van der Waals surface area contributed by atoms with Crippen LogP contribution < -0.4 is 10.6 Å². The number of thiophene rings is 1. The van der Waals surface area contributed by atoms with Crippen LogP contribution in [-0.4, -0.2) is 24.4 Å².